The first-order chi connectivity index (χ1) is 12.4. The lowest BCUT2D eigenvalue weighted by atomic mass is 10.1. The summed E-state index contributed by atoms with van der Waals surface area (Å²) < 4.78 is 2.04. The molecule has 0 radical (unpaired) electrons. The van der Waals surface area contributed by atoms with Crippen molar-refractivity contribution in [3.05, 3.63) is 52.5 Å². The fourth-order valence-corrected chi connectivity index (χ4v) is 3.00. The van der Waals surface area contributed by atoms with E-state index in [0.717, 1.165) is 22.6 Å². The Morgan fingerprint density at radius 2 is 2.08 bits per heavy atom. The van der Waals surface area contributed by atoms with Crippen molar-refractivity contribution in [3.63, 3.8) is 0 Å². The first-order valence-electron chi connectivity index (χ1n) is 8.30. The molecule has 7 heteroatoms. The van der Waals surface area contributed by atoms with Gasteiger partial charge in [-0.15, -0.1) is 0 Å². The third kappa shape index (κ3) is 3.09. The van der Waals surface area contributed by atoms with Crippen molar-refractivity contribution < 1.29 is 4.79 Å². The van der Waals surface area contributed by atoms with Crippen LogP contribution in [0.4, 0.5) is 5.82 Å². The molecular formula is C19H20N6O. The van der Waals surface area contributed by atoms with Crippen LogP contribution in [0, 0.1) is 32.1 Å². The van der Waals surface area contributed by atoms with E-state index in [-0.39, 0.29) is 5.91 Å². The number of nitrogens with one attached hydrogen (secondary N) is 1. The Labute approximate surface area is 151 Å². The Balaban J connectivity index is 1.79. The Morgan fingerprint density at radius 3 is 2.81 bits per heavy atom. The lowest BCUT2D eigenvalue weighted by molar-refractivity contribution is 0.0952. The number of carbonyl (C=O) groups is 1. The van der Waals surface area contributed by atoms with E-state index in [2.05, 4.69) is 15.3 Å². The predicted octanol–water partition coefficient (Wildman–Crippen LogP) is 2.24. The van der Waals surface area contributed by atoms with Gasteiger partial charge >= 0.3 is 0 Å². The minimum absolute atomic E-state index is 0.210. The molecule has 0 bridgehead atoms. The van der Waals surface area contributed by atoms with Crippen LogP contribution >= 0.6 is 0 Å². The van der Waals surface area contributed by atoms with Gasteiger partial charge in [-0.2, -0.15) is 5.26 Å². The molecule has 3 aromatic rings. The maximum atomic E-state index is 12.3. The number of rotatable bonds is 4. The highest BCUT2D eigenvalue weighted by molar-refractivity contribution is 5.94. The number of nitriles is 1. The summed E-state index contributed by atoms with van der Waals surface area (Å²) in [5.41, 5.74) is 10.5. The molecule has 1 amide bonds. The highest BCUT2D eigenvalue weighted by atomic mass is 16.1. The first-order valence-corrected chi connectivity index (χ1v) is 8.30. The largest absolute Gasteiger partial charge is 0.382 e. The molecule has 3 N–H and O–H groups in total. The van der Waals surface area contributed by atoms with E-state index in [1.165, 1.54) is 0 Å². The van der Waals surface area contributed by atoms with Crippen LogP contribution in [0.5, 0.6) is 0 Å². The highest BCUT2D eigenvalue weighted by Gasteiger charge is 2.15. The van der Waals surface area contributed by atoms with Crippen LogP contribution in [0.1, 0.15) is 33.0 Å². The zero-order valence-corrected chi connectivity index (χ0v) is 15.0. The SMILES string of the molecule is Cc1nc(N)c2nc(C)n(CCNC(=O)c3cccc(C#N)c3)c2c1C. The minimum Gasteiger partial charge on any atom is -0.382 e. The van der Waals surface area contributed by atoms with Crippen molar-refractivity contribution in [2.24, 2.45) is 0 Å². The molecule has 0 aliphatic carbocycles. The molecule has 26 heavy (non-hydrogen) atoms. The molecule has 2 heterocycles. The summed E-state index contributed by atoms with van der Waals surface area (Å²) in [5.74, 6) is 1.03. The minimum atomic E-state index is -0.210. The highest BCUT2D eigenvalue weighted by Crippen LogP contribution is 2.25. The number of hydrogen-bond donors (Lipinski definition) is 2. The van der Waals surface area contributed by atoms with Crippen LogP contribution in [0.25, 0.3) is 11.0 Å². The number of aromatic nitrogens is 3. The second kappa shape index (κ2) is 6.84. The quantitative estimate of drug-likeness (QED) is 0.751. The Morgan fingerprint density at radius 1 is 1.31 bits per heavy atom. The third-order valence-electron chi connectivity index (χ3n) is 4.46. The van der Waals surface area contributed by atoms with Crippen LogP contribution in [-0.4, -0.2) is 27.0 Å². The van der Waals surface area contributed by atoms with E-state index in [1.54, 1.807) is 24.3 Å². The molecule has 0 atom stereocenters. The van der Waals surface area contributed by atoms with Crippen LogP contribution < -0.4 is 11.1 Å². The maximum absolute atomic E-state index is 12.3. The van der Waals surface area contributed by atoms with Gasteiger partial charge in [0.15, 0.2) is 5.82 Å². The number of benzene rings is 1. The third-order valence-corrected chi connectivity index (χ3v) is 4.46. The number of imidazole rings is 1. The van der Waals surface area contributed by atoms with E-state index in [9.17, 15) is 4.79 Å². The lowest BCUT2D eigenvalue weighted by Gasteiger charge is -2.11. The zero-order valence-electron chi connectivity index (χ0n) is 15.0. The molecule has 0 spiro atoms. The fraction of sp³-hybridized carbons (Fsp3) is 0.263. The molecule has 0 aliphatic heterocycles. The lowest BCUT2D eigenvalue weighted by Crippen LogP contribution is -2.27. The Hall–Kier alpha value is -3.40. The van der Waals surface area contributed by atoms with Gasteiger partial charge in [-0.25, -0.2) is 9.97 Å². The molecule has 0 fully saturated rings. The topological polar surface area (TPSA) is 110 Å². The number of nitrogens with two attached hydrogens (primary N) is 1. The fourth-order valence-electron chi connectivity index (χ4n) is 3.00. The van der Waals surface area contributed by atoms with E-state index in [0.29, 0.717) is 35.6 Å². The van der Waals surface area contributed by atoms with Gasteiger partial charge in [0, 0.05) is 24.3 Å². The normalized spacial score (nSPS) is 10.7. The number of anilines is 1. The summed E-state index contributed by atoms with van der Waals surface area (Å²) in [6.45, 7) is 6.82. The van der Waals surface area contributed by atoms with Gasteiger partial charge in [0.05, 0.1) is 17.1 Å². The second-order valence-electron chi connectivity index (χ2n) is 6.16. The van der Waals surface area contributed by atoms with Gasteiger partial charge in [0.2, 0.25) is 0 Å². The van der Waals surface area contributed by atoms with Crippen molar-refractivity contribution in [1.29, 1.82) is 5.26 Å². The predicted molar refractivity (Wildman–Crippen MR) is 99.6 cm³/mol. The number of amides is 1. The van der Waals surface area contributed by atoms with Gasteiger partial charge < -0.3 is 15.6 Å². The summed E-state index contributed by atoms with van der Waals surface area (Å²) in [6.07, 6.45) is 0. The summed E-state index contributed by atoms with van der Waals surface area (Å²) >= 11 is 0. The molecule has 7 nitrogen and oxygen atoms in total. The average molecular weight is 348 g/mol. The number of nitrogens with zero attached hydrogens (tertiary/aromatic N) is 4. The van der Waals surface area contributed by atoms with Gasteiger partial charge in [-0.05, 0) is 44.5 Å². The number of hydrogen-bond acceptors (Lipinski definition) is 5. The van der Waals surface area contributed by atoms with Crippen molar-refractivity contribution >= 4 is 22.8 Å². The van der Waals surface area contributed by atoms with E-state index >= 15 is 0 Å². The maximum Gasteiger partial charge on any atom is 0.251 e. The number of carbonyl (C=O) groups excluding carboxylic acids is 1. The van der Waals surface area contributed by atoms with Gasteiger partial charge in [0.25, 0.3) is 5.91 Å². The summed E-state index contributed by atoms with van der Waals surface area (Å²) in [7, 11) is 0. The molecule has 1 aromatic carbocycles. The Bertz CT molecular complexity index is 1040. The smallest absolute Gasteiger partial charge is 0.251 e. The van der Waals surface area contributed by atoms with Crippen molar-refractivity contribution in [3.8, 4) is 6.07 Å². The van der Waals surface area contributed by atoms with Crippen molar-refractivity contribution in [1.82, 2.24) is 19.9 Å². The average Bonchev–Trinajstić information content (AvgIpc) is 2.97. The van der Waals surface area contributed by atoms with Crippen LogP contribution in [0.2, 0.25) is 0 Å². The van der Waals surface area contributed by atoms with E-state index in [4.69, 9.17) is 11.0 Å². The number of fused-ring (bicyclic) bond motifs is 1. The van der Waals surface area contributed by atoms with Crippen LogP contribution in [0.3, 0.4) is 0 Å². The van der Waals surface area contributed by atoms with Crippen LogP contribution in [-0.2, 0) is 6.54 Å². The van der Waals surface area contributed by atoms with E-state index in [1.807, 2.05) is 31.4 Å². The number of pyridine rings is 1. The summed E-state index contributed by atoms with van der Waals surface area (Å²) in [5, 5.41) is 11.8. The second-order valence-corrected chi connectivity index (χ2v) is 6.16. The molecule has 0 aliphatic rings. The summed E-state index contributed by atoms with van der Waals surface area (Å²) in [6, 6.07) is 8.67. The molecule has 3 rings (SSSR count). The molecule has 132 valence electrons. The monoisotopic (exact) mass is 348 g/mol. The molecular weight excluding hydrogens is 328 g/mol. The van der Waals surface area contributed by atoms with Crippen molar-refractivity contribution in [2.45, 2.75) is 27.3 Å². The van der Waals surface area contributed by atoms with Gasteiger partial charge in [-0.3, -0.25) is 4.79 Å². The first kappa shape index (κ1) is 17.4. The number of aryl methyl sites for hydroxylation is 3. The summed E-state index contributed by atoms with van der Waals surface area (Å²) in [4.78, 5) is 21.1. The molecule has 0 saturated heterocycles. The van der Waals surface area contributed by atoms with Crippen LogP contribution in [0.15, 0.2) is 24.3 Å². The standard InChI is InChI=1S/C19H20N6O/c1-11-12(2)23-18(21)16-17(11)25(13(3)24-16)8-7-22-19(26)15-6-4-5-14(9-15)10-20/h4-6,9H,7-8H2,1-3H3,(H2,21,23)(H,22,26). The zero-order chi connectivity index (χ0) is 18.8. The Kier molecular flexibility index (Phi) is 4.59. The van der Waals surface area contributed by atoms with Crippen molar-refractivity contribution in [2.75, 3.05) is 12.3 Å². The van der Waals surface area contributed by atoms with Gasteiger partial charge in [-0.1, -0.05) is 6.07 Å². The van der Waals surface area contributed by atoms with E-state index < -0.39 is 0 Å². The molecule has 0 unspecified atom stereocenters. The van der Waals surface area contributed by atoms with Gasteiger partial charge in [0.1, 0.15) is 11.3 Å². The molecule has 2 aromatic heterocycles. The molecule has 0 saturated carbocycles. The number of nitrogen functional groups attached to an aromatic ring is 1.